The molecule has 0 aromatic heterocycles. The Kier molecular flexibility index (Phi) is 4.91. The third-order valence-corrected chi connectivity index (χ3v) is 6.10. The molecule has 0 unspecified atom stereocenters. The minimum Gasteiger partial charge on any atom is -0.342 e. The fraction of sp³-hybridized carbons (Fsp3) is 0.600. The van der Waals surface area contributed by atoms with Crippen molar-refractivity contribution in [2.45, 2.75) is 51.1 Å². The van der Waals surface area contributed by atoms with Crippen molar-refractivity contribution in [3.63, 3.8) is 0 Å². The highest BCUT2D eigenvalue weighted by molar-refractivity contribution is 6.31. The molecule has 2 amide bonds. The number of benzene rings is 1. The van der Waals surface area contributed by atoms with E-state index in [-0.39, 0.29) is 42.1 Å². The molecule has 2 aliphatic carbocycles. The monoisotopic (exact) mass is 378 g/mol. The van der Waals surface area contributed by atoms with E-state index in [0.29, 0.717) is 36.5 Å². The first-order chi connectivity index (χ1) is 12.5. The van der Waals surface area contributed by atoms with E-state index in [1.807, 2.05) is 9.80 Å². The van der Waals surface area contributed by atoms with Gasteiger partial charge in [0.05, 0.1) is 6.54 Å². The van der Waals surface area contributed by atoms with Crippen molar-refractivity contribution >= 4 is 23.4 Å². The highest BCUT2D eigenvalue weighted by atomic mass is 35.5. The van der Waals surface area contributed by atoms with Crippen molar-refractivity contribution in [2.75, 3.05) is 13.1 Å². The van der Waals surface area contributed by atoms with Gasteiger partial charge in [-0.2, -0.15) is 0 Å². The quantitative estimate of drug-likeness (QED) is 0.785. The highest BCUT2D eigenvalue weighted by Crippen LogP contribution is 2.35. The van der Waals surface area contributed by atoms with Crippen LogP contribution in [0.1, 0.15) is 44.1 Å². The summed E-state index contributed by atoms with van der Waals surface area (Å²) in [5.41, 5.74) is 0.399. The lowest BCUT2D eigenvalue weighted by atomic mass is 9.94. The maximum atomic E-state index is 14.2. The maximum absolute atomic E-state index is 14.2. The summed E-state index contributed by atoms with van der Waals surface area (Å²) in [6, 6.07) is 4.83. The molecule has 1 aliphatic heterocycles. The van der Waals surface area contributed by atoms with Gasteiger partial charge in [-0.15, -0.1) is 0 Å². The Morgan fingerprint density at radius 2 is 1.77 bits per heavy atom. The van der Waals surface area contributed by atoms with E-state index in [1.165, 1.54) is 6.07 Å². The van der Waals surface area contributed by atoms with Gasteiger partial charge in [-0.05, 0) is 50.7 Å². The minimum absolute atomic E-state index is 0.0793. The summed E-state index contributed by atoms with van der Waals surface area (Å²) in [4.78, 5) is 29.0. The van der Waals surface area contributed by atoms with Crippen LogP contribution in [0, 0.1) is 17.7 Å². The van der Waals surface area contributed by atoms with E-state index >= 15 is 0 Å². The normalized spacial score (nSPS) is 20.9. The van der Waals surface area contributed by atoms with Gasteiger partial charge in [0, 0.05) is 41.6 Å². The maximum Gasteiger partial charge on any atom is 0.226 e. The molecule has 4 nitrogen and oxygen atoms in total. The number of likely N-dealkylation sites (tertiary alicyclic amines) is 1. The molecule has 1 saturated heterocycles. The summed E-state index contributed by atoms with van der Waals surface area (Å²) in [5, 5.41) is 0.369. The first-order valence-corrected chi connectivity index (χ1v) is 9.94. The largest absolute Gasteiger partial charge is 0.342 e. The van der Waals surface area contributed by atoms with Crippen LogP contribution in [-0.4, -0.2) is 40.7 Å². The zero-order valence-electron chi connectivity index (χ0n) is 14.8. The number of carbonyl (C=O) groups excluding carboxylic acids is 2. The molecule has 140 valence electrons. The van der Waals surface area contributed by atoms with E-state index < -0.39 is 0 Å². The summed E-state index contributed by atoms with van der Waals surface area (Å²) in [6.45, 7) is 1.55. The number of hydrogen-bond acceptors (Lipinski definition) is 2. The van der Waals surface area contributed by atoms with Gasteiger partial charge < -0.3 is 9.80 Å². The van der Waals surface area contributed by atoms with E-state index in [2.05, 4.69) is 0 Å². The number of hydrogen-bond donors (Lipinski definition) is 0. The summed E-state index contributed by atoms with van der Waals surface area (Å²) in [7, 11) is 0. The summed E-state index contributed by atoms with van der Waals surface area (Å²) in [5.74, 6) is 0.136. The van der Waals surface area contributed by atoms with Crippen molar-refractivity contribution in [3.8, 4) is 0 Å². The van der Waals surface area contributed by atoms with E-state index in [0.717, 1.165) is 25.7 Å². The second kappa shape index (κ2) is 7.18. The second-order valence-electron chi connectivity index (χ2n) is 7.77. The number of rotatable bonds is 5. The first kappa shape index (κ1) is 17.8. The van der Waals surface area contributed by atoms with Crippen LogP contribution in [-0.2, 0) is 16.1 Å². The fourth-order valence-electron chi connectivity index (χ4n) is 3.80. The molecule has 0 N–H and O–H groups in total. The molecule has 3 fully saturated rings. The summed E-state index contributed by atoms with van der Waals surface area (Å²) >= 11 is 6.16. The van der Waals surface area contributed by atoms with Crippen molar-refractivity contribution < 1.29 is 14.0 Å². The highest BCUT2D eigenvalue weighted by Gasteiger charge is 2.39. The molecule has 4 rings (SSSR count). The van der Waals surface area contributed by atoms with Crippen molar-refractivity contribution in [1.82, 2.24) is 9.80 Å². The van der Waals surface area contributed by atoms with Crippen LogP contribution in [0.5, 0.6) is 0 Å². The predicted octanol–water partition coefficient (Wildman–Crippen LogP) is 3.62. The van der Waals surface area contributed by atoms with Crippen LogP contribution in [0.25, 0.3) is 0 Å². The van der Waals surface area contributed by atoms with Gasteiger partial charge in [-0.3, -0.25) is 9.59 Å². The molecule has 1 heterocycles. The minimum atomic E-state index is -0.360. The molecule has 0 spiro atoms. The molecule has 0 atom stereocenters. The Bertz CT molecular complexity index is 690. The lowest BCUT2D eigenvalue weighted by Crippen LogP contribution is -2.45. The lowest BCUT2D eigenvalue weighted by Gasteiger charge is -2.34. The zero-order chi connectivity index (χ0) is 18.3. The zero-order valence-corrected chi connectivity index (χ0v) is 15.6. The van der Waals surface area contributed by atoms with Gasteiger partial charge in [0.2, 0.25) is 11.8 Å². The van der Waals surface area contributed by atoms with Crippen LogP contribution in [0.2, 0.25) is 5.02 Å². The average Bonchev–Trinajstić information content (AvgIpc) is 3.53. The molecule has 1 aromatic carbocycles. The molecule has 3 aliphatic rings. The number of piperidine rings is 1. The number of nitrogens with zero attached hydrogens (tertiary/aromatic N) is 2. The molecular weight excluding hydrogens is 355 g/mol. The van der Waals surface area contributed by atoms with Crippen LogP contribution in [0.4, 0.5) is 4.39 Å². The summed E-state index contributed by atoms with van der Waals surface area (Å²) in [6.07, 6.45) is 5.36. The van der Waals surface area contributed by atoms with E-state index in [4.69, 9.17) is 11.6 Å². The smallest absolute Gasteiger partial charge is 0.226 e. The van der Waals surface area contributed by atoms with Gasteiger partial charge in [-0.1, -0.05) is 17.7 Å². The predicted molar refractivity (Wildman–Crippen MR) is 97.0 cm³/mol. The third kappa shape index (κ3) is 3.73. The summed E-state index contributed by atoms with van der Waals surface area (Å²) < 4.78 is 14.2. The number of amides is 2. The number of carbonyl (C=O) groups is 2. The molecule has 2 saturated carbocycles. The fourth-order valence-corrected chi connectivity index (χ4v) is 4.02. The third-order valence-electron chi connectivity index (χ3n) is 5.74. The van der Waals surface area contributed by atoms with Crippen LogP contribution >= 0.6 is 11.6 Å². The Morgan fingerprint density at radius 1 is 1.08 bits per heavy atom. The van der Waals surface area contributed by atoms with Crippen molar-refractivity contribution in [1.29, 1.82) is 0 Å². The van der Waals surface area contributed by atoms with Gasteiger partial charge >= 0.3 is 0 Å². The Labute approximate surface area is 158 Å². The Morgan fingerprint density at radius 3 is 2.35 bits per heavy atom. The molecule has 6 heteroatoms. The van der Waals surface area contributed by atoms with Gasteiger partial charge in [0.15, 0.2) is 0 Å². The van der Waals surface area contributed by atoms with E-state index in [9.17, 15) is 14.0 Å². The SMILES string of the molecule is O=C(C1CC1)N1CCC(C(=O)N(Cc2c(F)cccc2Cl)C2CC2)CC1. The van der Waals surface area contributed by atoms with Crippen LogP contribution in [0.3, 0.4) is 0 Å². The molecular formula is C20H24ClFN2O2. The van der Waals surface area contributed by atoms with Crippen molar-refractivity contribution in [3.05, 3.63) is 34.6 Å². The van der Waals surface area contributed by atoms with Crippen molar-refractivity contribution in [2.24, 2.45) is 11.8 Å². The topological polar surface area (TPSA) is 40.6 Å². The van der Waals surface area contributed by atoms with Gasteiger partial charge in [-0.25, -0.2) is 4.39 Å². The van der Waals surface area contributed by atoms with E-state index in [1.54, 1.807) is 12.1 Å². The average molecular weight is 379 g/mol. The van der Waals surface area contributed by atoms with Crippen LogP contribution < -0.4 is 0 Å². The number of halogens is 2. The van der Waals surface area contributed by atoms with Gasteiger partial charge in [0.1, 0.15) is 5.82 Å². The second-order valence-corrected chi connectivity index (χ2v) is 8.18. The lowest BCUT2D eigenvalue weighted by molar-refractivity contribution is -0.142. The van der Waals surface area contributed by atoms with Crippen LogP contribution in [0.15, 0.2) is 18.2 Å². The Balaban J connectivity index is 1.41. The van der Waals surface area contributed by atoms with Gasteiger partial charge in [0.25, 0.3) is 0 Å². The molecule has 26 heavy (non-hydrogen) atoms. The molecule has 0 bridgehead atoms. The standard InChI is InChI=1S/C20H24ClFN2O2/c21-17-2-1-3-18(22)16(17)12-24(15-6-7-15)20(26)14-8-10-23(11-9-14)19(25)13-4-5-13/h1-3,13-15H,4-12H2. The Hall–Kier alpha value is -1.62. The molecule has 1 aromatic rings. The first-order valence-electron chi connectivity index (χ1n) is 9.56. The molecule has 0 radical (unpaired) electrons.